The summed E-state index contributed by atoms with van der Waals surface area (Å²) in [6, 6.07) is 14.2. The molecule has 0 spiro atoms. The van der Waals surface area contributed by atoms with Crippen LogP contribution in [-0.4, -0.2) is 22.5 Å². The molecule has 0 aromatic heterocycles. The number of nitrogens with one attached hydrogen (secondary N) is 1. The van der Waals surface area contributed by atoms with Gasteiger partial charge >= 0.3 is 0 Å². The second-order valence-corrected chi connectivity index (χ2v) is 9.12. The highest BCUT2D eigenvalue weighted by atomic mass is 16.3. The van der Waals surface area contributed by atoms with E-state index in [0.717, 1.165) is 5.56 Å². The smallest absolute Gasteiger partial charge is 0.155 e. The standard InChI is InChI=1S/C23H31N3O2/c1-22(2,3)21(28)19(24-23(4,5)6)15-16-12-13-20(27)18(14-16)26-25-17-10-8-7-9-11-17/h7-14,19,24,27H,15H2,1-6H3. The number of benzene rings is 2. The lowest BCUT2D eigenvalue weighted by atomic mass is 9.83. The molecule has 0 heterocycles. The number of phenolic OH excluding ortho intramolecular Hbond substituents is 1. The first-order valence-corrected chi connectivity index (χ1v) is 9.56. The van der Waals surface area contributed by atoms with Crippen molar-refractivity contribution in [2.45, 2.75) is 59.5 Å². The molecule has 0 amide bonds. The van der Waals surface area contributed by atoms with Crippen molar-refractivity contribution in [1.29, 1.82) is 0 Å². The van der Waals surface area contributed by atoms with Gasteiger partial charge in [-0.05, 0) is 57.0 Å². The van der Waals surface area contributed by atoms with Crippen LogP contribution in [0.3, 0.4) is 0 Å². The Balaban J connectivity index is 2.27. The SMILES string of the molecule is CC(C)(C)NC(Cc1ccc(O)c(N=Nc2ccccc2)c1)C(=O)C(C)(C)C. The second kappa shape index (κ2) is 8.65. The zero-order chi connectivity index (χ0) is 20.9. The molecule has 0 saturated carbocycles. The van der Waals surface area contributed by atoms with Gasteiger partial charge in [-0.1, -0.05) is 45.0 Å². The average molecular weight is 382 g/mol. The van der Waals surface area contributed by atoms with Gasteiger partial charge in [-0.2, -0.15) is 5.11 Å². The van der Waals surface area contributed by atoms with Crippen LogP contribution in [0.4, 0.5) is 11.4 Å². The van der Waals surface area contributed by atoms with E-state index >= 15 is 0 Å². The highest BCUT2D eigenvalue weighted by molar-refractivity contribution is 5.89. The van der Waals surface area contributed by atoms with E-state index in [0.29, 0.717) is 17.8 Å². The number of hydrogen-bond donors (Lipinski definition) is 2. The lowest BCUT2D eigenvalue weighted by Gasteiger charge is -2.32. The molecule has 0 bridgehead atoms. The molecule has 5 heteroatoms. The molecule has 28 heavy (non-hydrogen) atoms. The molecule has 0 aliphatic rings. The molecule has 0 fully saturated rings. The number of azo groups is 1. The van der Waals surface area contributed by atoms with Crippen molar-refractivity contribution >= 4 is 17.2 Å². The Labute approximate surface area is 167 Å². The summed E-state index contributed by atoms with van der Waals surface area (Å²) in [5.74, 6) is 0.217. The van der Waals surface area contributed by atoms with Crippen LogP contribution < -0.4 is 5.32 Å². The van der Waals surface area contributed by atoms with Crippen molar-refractivity contribution in [1.82, 2.24) is 5.32 Å². The van der Waals surface area contributed by atoms with Crippen LogP contribution in [-0.2, 0) is 11.2 Å². The zero-order valence-electron chi connectivity index (χ0n) is 17.7. The van der Waals surface area contributed by atoms with Crippen molar-refractivity contribution < 1.29 is 9.90 Å². The monoisotopic (exact) mass is 381 g/mol. The van der Waals surface area contributed by atoms with Gasteiger partial charge < -0.3 is 10.4 Å². The molecular formula is C23H31N3O2. The van der Waals surface area contributed by atoms with Crippen molar-refractivity contribution in [3.8, 4) is 5.75 Å². The van der Waals surface area contributed by atoms with Crippen LogP contribution >= 0.6 is 0 Å². The van der Waals surface area contributed by atoms with Crippen molar-refractivity contribution in [3.05, 3.63) is 54.1 Å². The van der Waals surface area contributed by atoms with Crippen molar-refractivity contribution in [3.63, 3.8) is 0 Å². The third-order valence-electron chi connectivity index (χ3n) is 4.17. The lowest BCUT2D eigenvalue weighted by Crippen LogP contribution is -2.51. The van der Waals surface area contributed by atoms with Crippen LogP contribution in [0.15, 0.2) is 58.8 Å². The third-order valence-corrected chi connectivity index (χ3v) is 4.17. The molecule has 2 rings (SSSR count). The number of Topliss-reactive ketones (excluding diaryl/α,β-unsaturated/α-hetero) is 1. The number of carbonyl (C=O) groups is 1. The number of phenols is 1. The van der Waals surface area contributed by atoms with Gasteiger partial charge in [0.15, 0.2) is 5.78 Å². The van der Waals surface area contributed by atoms with E-state index in [9.17, 15) is 9.90 Å². The van der Waals surface area contributed by atoms with E-state index in [1.54, 1.807) is 12.1 Å². The Morgan fingerprint density at radius 3 is 2.21 bits per heavy atom. The topological polar surface area (TPSA) is 74.0 Å². The van der Waals surface area contributed by atoms with Crippen LogP contribution in [0.2, 0.25) is 0 Å². The zero-order valence-corrected chi connectivity index (χ0v) is 17.7. The summed E-state index contributed by atoms with van der Waals surface area (Å²) in [5.41, 5.74) is 1.37. The second-order valence-electron chi connectivity index (χ2n) is 9.12. The van der Waals surface area contributed by atoms with E-state index < -0.39 is 5.41 Å². The molecule has 0 aliphatic carbocycles. The van der Waals surface area contributed by atoms with E-state index in [2.05, 4.69) is 15.5 Å². The fraction of sp³-hybridized carbons (Fsp3) is 0.435. The minimum atomic E-state index is -0.449. The summed E-state index contributed by atoms with van der Waals surface area (Å²) in [7, 11) is 0. The minimum Gasteiger partial charge on any atom is -0.506 e. The van der Waals surface area contributed by atoms with Gasteiger partial charge in [0.05, 0.1) is 11.7 Å². The summed E-state index contributed by atoms with van der Waals surface area (Å²) in [4.78, 5) is 13.0. The maximum atomic E-state index is 13.0. The van der Waals surface area contributed by atoms with Crippen LogP contribution in [0.25, 0.3) is 0 Å². The summed E-state index contributed by atoms with van der Waals surface area (Å²) < 4.78 is 0. The molecule has 2 aromatic rings. The first-order valence-electron chi connectivity index (χ1n) is 9.56. The number of aromatic hydroxyl groups is 1. The van der Waals surface area contributed by atoms with Gasteiger partial charge in [0.25, 0.3) is 0 Å². The predicted octanol–water partition coefficient (Wildman–Crippen LogP) is 5.72. The first-order chi connectivity index (χ1) is 13.0. The van der Waals surface area contributed by atoms with Gasteiger partial charge in [0.2, 0.25) is 0 Å². The number of rotatable bonds is 6. The molecule has 0 saturated heterocycles. The Bertz CT molecular complexity index is 831. The van der Waals surface area contributed by atoms with E-state index in [4.69, 9.17) is 0 Å². The summed E-state index contributed by atoms with van der Waals surface area (Å²) in [6.07, 6.45) is 0.515. The molecule has 2 N–H and O–H groups in total. The molecule has 2 aromatic carbocycles. The Morgan fingerprint density at radius 1 is 1.00 bits per heavy atom. The molecule has 150 valence electrons. The normalized spacial score (nSPS) is 13.6. The quantitative estimate of drug-likeness (QED) is 0.628. The fourth-order valence-electron chi connectivity index (χ4n) is 2.87. The highest BCUT2D eigenvalue weighted by Crippen LogP contribution is 2.30. The Kier molecular flexibility index (Phi) is 6.73. The van der Waals surface area contributed by atoms with Crippen LogP contribution in [0, 0.1) is 5.41 Å². The Morgan fingerprint density at radius 2 is 1.64 bits per heavy atom. The van der Waals surface area contributed by atoms with Crippen LogP contribution in [0.5, 0.6) is 5.75 Å². The minimum absolute atomic E-state index is 0.0610. The van der Waals surface area contributed by atoms with Crippen molar-refractivity contribution in [2.75, 3.05) is 0 Å². The van der Waals surface area contributed by atoms with Crippen molar-refractivity contribution in [2.24, 2.45) is 15.6 Å². The highest BCUT2D eigenvalue weighted by Gasteiger charge is 2.32. The lowest BCUT2D eigenvalue weighted by molar-refractivity contribution is -0.128. The van der Waals surface area contributed by atoms with Gasteiger partial charge in [0.1, 0.15) is 11.4 Å². The average Bonchev–Trinajstić information content (AvgIpc) is 2.60. The third kappa shape index (κ3) is 6.57. The largest absolute Gasteiger partial charge is 0.506 e. The summed E-state index contributed by atoms with van der Waals surface area (Å²) in [6.45, 7) is 11.9. The fourth-order valence-corrected chi connectivity index (χ4v) is 2.87. The number of ketones is 1. The maximum Gasteiger partial charge on any atom is 0.155 e. The van der Waals surface area contributed by atoms with E-state index in [1.165, 1.54) is 0 Å². The van der Waals surface area contributed by atoms with Gasteiger partial charge in [-0.15, -0.1) is 5.11 Å². The molecule has 5 nitrogen and oxygen atoms in total. The molecule has 0 radical (unpaired) electrons. The molecule has 0 aliphatic heterocycles. The van der Waals surface area contributed by atoms with Gasteiger partial charge in [-0.3, -0.25) is 4.79 Å². The number of nitrogens with zero attached hydrogens (tertiary/aromatic N) is 2. The van der Waals surface area contributed by atoms with Gasteiger partial charge in [-0.25, -0.2) is 0 Å². The Hall–Kier alpha value is -2.53. The van der Waals surface area contributed by atoms with E-state index in [-0.39, 0.29) is 23.1 Å². The summed E-state index contributed by atoms with van der Waals surface area (Å²) >= 11 is 0. The number of hydrogen-bond acceptors (Lipinski definition) is 5. The van der Waals surface area contributed by atoms with Gasteiger partial charge in [0, 0.05) is 11.0 Å². The number of carbonyl (C=O) groups excluding carboxylic acids is 1. The summed E-state index contributed by atoms with van der Waals surface area (Å²) in [5, 5.41) is 21.9. The molecule has 1 atom stereocenters. The van der Waals surface area contributed by atoms with Crippen LogP contribution in [0.1, 0.15) is 47.1 Å². The molecule has 1 unspecified atom stereocenters. The maximum absolute atomic E-state index is 13.0. The molecular weight excluding hydrogens is 350 g/mol. The first kappa shape index (κ1) is 21.8. The van der Waals surface area contributed by atoms with E-state index in [1.807, 2.05) is 77.9 Å². The predicted molar refractivity (Wildman–Crippen MR) is 114 cm³/mol.